The summed E-state index contributed by atoms with van der Waals surface area (Å²) in [6.45, 7) is 8.30. The molecule has 1 aliphatic rings. The highest BCUT2D eigenvalue weighted by atomic mass is 35.5. The Bertz CT molecular complexity index is 602. The van der Waals surface area contributed by atoms with E-state index >= 15 is 0 Å². The van der Waals surface area contributed by atoms with E-state index in [-0.39, 0.29) is 0 Å². The van der Waals surface area contributed by atoms with Crippen molar-refractivity contribution < 1.29 is 4.42 Å². The minimum atomic E-state index is 0.602. The van der Waals surface area contributed by atoms with E-state index in [2.05, 4.69) is 24.8 Å². The van der Waals surface area contributed by atoms with Gasteiger partial charge in [-0.1, -0.05) is 11.6 Å². The molecular formula is C14H18ClN5O. The summed E-state index contributed by atoms with van der Waals surface area (Å²) in [7, 11) is 0. The average molecular weight is 308 g/mol. The number of hydrogen-bond donors (Lipinski definition) is 0. The summed E-state index contributed by atoms with van der Waals surface area (Å²) in [5.41, 5.74) is 0.969. The normalized spacial score (nSPS) is 16.4. The van der Waals surface area contributed by atoms with Crippen molar-refractivity contribution in [2.45, 2.75) is 20.4 Å². The van der Waals surface area contributed by atoms with Gasteiger partial charge in [-0.15, -0.1) is 0 Å². The Labute approximate surface area is 128 Å². The first-order valence-corrected chi connectivity index (χ1v) is 7.37. The van der Waals surface area contributed by atoms with Gasteiger partial charge in [0.15, 0.2) is 5.82 Å². The number of aromatic nitrogens is 3. The zero-order valence-electron chi connectivity index (χ0n) is 12.2. The topological polar surface area (TPSA) is 58.3 Å². The van der Waals surface area contributed by atoms with Crippen LogP contribution in [0.15, 0.2) is 16.9 Å². The summed E-state index contributed by atoms with van der Waals surface area (Å²) in [6.07, 6.45) is 3.17. The standard InChI is InChI=1S/C14H18ClN5O/c1-10-11(2)21-13(18-10)8-19-3-5-20(6-4-19)14-12(15)7-16-9-17-14/h7,9H,3-6,8H2,1-2H3. The molecular weight excluding hydrogens is 290 g/mol. The van der Waals surface area contributed by atoms with Crippen LogP contribution in [0.4, 0.5) is 5.82 Å². The largest absolute Gasteiger partial charge is 0.444 e. The van der Waals surface area contributed by atoms with Crippen molar-refractivity contribution in [2.24, 2.45) is 0 Å². The van der Waals surface area contributed by atoms with Gasteiger partial charge in [-0.2, -0.15) is 0 Å². The minimum absolute atomic E-state index is 0.602. The monoisotopic (exact) mass is 307 g/mol. The Hall–Kier alpha value is -1.66. The van der Waals surface area contributed by atoms with Crippen LogP contribution in [0.25, 0.3) is 0 Å². The lowest BCUT2D eigenvalue weighted by Crippen LogP contribution is -2.46. The maximum Gasteiger partial charge on any atom is 0.208 e. The van der Waals surface area contributed by atoms with Gasteiger partial charge in [-0.05, 0) is 13.8 Å². The van der Waals surface area contributed by atoms with E-state index in [9.17, 15) is 0 Å². The fraction of sp³-hybridized carbons (Fsp3) is 0.500. The fourth-order valence-electron chi connectivity index (χ4n) is 2.45. The molecule has 1 saturated heterocycles. The lowest BCUT2D eigenvalue weighted by Gasteiger charge is -2.34. The van der Waals surface area contributed by atoms with Crippen LogP contribution in [-0.2, 0) is 6.54 Å². The van der Waals surface area contributed by atoms with Crippen molar-refractivity contribution in [2.75, 3.05) is 31.1 Å². The molecule has 0 atom stereocenters. The van der Waals surface area contributed by atoms with Crippen molar-refractivity contribution >= 4 is 17.4 Å². The molecule has 2 aromatic rings. The van der Waals surface area contributed by atoms with Crippen LogP contribution in [0.5, 0.6) is 0 Å². The number of aryl methyl sites for hydroxylation is 2. The summed E-state index contributed by atoms with van der Waals surface area (Å²) in [4.78, 5) is 17.1. The minimum Gasteiger partial charge on any atom is -0.444 e. The Morgan fingerprint density at radius 2 is 2.00 bits per heavy atom. The molecule has 112 valence electrons. The maximum absolute atomic E-state index is 6.14. The van der Waals surface area contributed by atoms with Gasteiger partial charge in [-0.25, -0.2) is 15.0 Å². The van der Waals surface area contributed by atoms with Crippen molar-refractivity contribution in [1.82, 2.24) is 19.9 Å². The molecule has 0 aliphatic carbocycles. The highest BCUT2D eigenvalue weighted by molar-refractivity contribution is 6.32. The molecule has 0 unspecified atom stereocenters. The zero-order valence-corrected chi connectivity index (χ0v) is 13.0. The van der Waals surface area contributed by atoms with Crippen LogP contribution in [0.2, 0.25) is 5.02 Å². The van der Waals surface area contributed by atoms with Crippen molar-refractivity contribution in [3.63, 3.8) is 0 Å². The van der Waals surface area contributed by atoms with Gasteiger partial charge in [0.1, 0.15) is 17.1 Å². The van der Waals surface area contributed by atoms with E-state index in [1.54, 1.807) is 6.20 Å². The van der Waals surface area contributed by atoms with Crippen LogP contribution in [0.3, 0.4) is 0 Å². The lowest BCUT2D eigenvalue weighted by atomic mass is 10.3. The number of nitrogens with zero attached hydrogens (tertiary/aromatic N) is 5. The molecule has 0 aromatic carbocycles. The molecule has 21 heavy (non-hydrogen) atoms. The highest BCUT2D eigenvalue weighted by Gasteiger charge is 2.21. The van der Waals surface area contributed by atoms with Gasteiger partial charge >= 0.3 is 0 Å². The third-order valence-electron chi connectivity index (χ3n) is 3.75. The van der Waals surface area contributed by atoms with Gasteiger partial charge in [0.05, 0.1) is 18.4 Å². The van der Waals surface area contributed by atoms with Crippen LogP contribution < -0.4 is 4.90 Å². The second-order valence-corrected chi connectivity index (χ2v) is 5.61. The SMILES string of the molecule is Cc1nc(CN2CCN(c3ncncc3Cl)CC2)oc1C. The van der Waals surface area contributed by atoms with Crippen LogP contribution in [0, 0.1) is 13.8 Å². The first-order valence-electron chi connectivity index (χ1n) is 6.99. The Kier molecular flexibility index (Phi) is 4.07. The Balaban J connectivity index is 1.59. The zero-order chi connectivity index (χ0) is 14.8. The molecule has 0 spiro atoms. The van der Waals surface area contributed by atoms with Gasteiger partial charge in [0.25, 0.3) is 0 Å². The van der Waals surface area contributed by atoms with E-state index in [0.717, 1.165) is 55.9 Å². The summed E-state index contributed by atoms with van der Waals surface area (Å²) >= 11 is 6.14. The first-order chi connectivity index (χ1) is 10.1. The van der Waals surface area contributed by atoms with Crippen molar-refractivity contribution in [3.05, 3.63) is 34.9 Å². The number of oxazole rings is 1. The van der Waals surface area contributed by atoms with E-state index < -0.39 is 0 Å². The smallest absolute Gasteiger partial charge is 0.208 e. The maximum atomic E-state index is 6.14. The van der Waals surface area contributed by atoms with Crippen molar-refractivity contribution in [3.8, 4) is 0 Å². The molecule has 1 aliphatic heterocycles. The second kappa shape index (κ2) is 5.99. The predicted molar refractivity (Wildman–Crippen MR) is 80.5 cm³/mol. The molecule has 0 bridgehead atoms. The van der Waals surface area contributed by atoms with E-state index in [1.165, 1.54) is 6.33 Å². The summed E-state index contributed by atoms with van der Waals surface area (Å²) in [6, 6.07) is 0. The molecule has 0 radical (unpaired) electrons. The molecule has 0 amide bonds. The number of hydrogen-bond acceptors (Lipinski definition) is 6. The third kappa shape index (κ3) is 3.16. The number of halogens is 1. The van der Waals surface area contributed by atoms with Gasteiger partial charge in [0, 0.05) is 26.2 Å². The number of piperazine rings is 1. The lowest BCUT2D eigenvalue weighted by molar-refractivity contribution is 0.224. The highest BCUT2D eigenvalue weighted by Crippen LogP contribution is 2.22. The average Bonchev–Trinajstić information content (AvgIpc) is 2.79. The predicted octanol–water partition coefficient (Wildman–Crippen LogP) is 2.06. The summed E-state index contributed by atoms with van der Waals surface area (Å²) < 4.78 is 5.64. The van der Waals surface area contributed by atoms with Gasteiger partial charge in [0.2, 0.25) is 5.89 Å². The summed E-state index contributed by atoms with van der Waals surface area (Å²) in [5.74, 6) is 2.50. The Morgan fingerprint density at radius 1 is 1.24 bits per heavy atom. The molecule has 0 saturated carbocycles. The summed E-state index contributed by atoms with van der Waals surface area (Å²) in [5, 5.41) is 0.602. The Morgan fingerprint density at radius 3 is 2.62 bits per heavy atom. The van der Waals surface area contributed by atoms with E-state index in [4.69, 9.17) is 16.0 Å². The third-order valence-corrected chi connectivity index (χ3v) is 4.02. The van der Waals surface area contributed by atoms with Crippen molar-refractivity contribution in [1.29, 1.82) is 0 Å². The number of anilines is 1. The van der Waals surface area contributed by atoms with E-state index in [1.807, 2.05) is 13.8 Å². The number of rotatable bonds is 3. The molecule has 0 N–H and O–H groups in total. The molecule has 3 rings (SSSR count). The van der Waals surface area contributed by atoms with Crippen LogP contribution in [0.1, 0.15) is 17.3 Å². The van der Waals surface area contributed by atoms with Crippen LogP contribution in [-0.4, -0.2) is 46.0 Å². The quantitative estimate of drug-likeness (QED) is 0.865. The molecule has 2 aromatic heterocycles. The van der Waals surface area contributed by atoms with E-state index in [0.29, 0.717) is 5.02 Å². The van der Waals surface area contributed by atoms with Crippen LogP contribution >= 0.6 is 11.6 Å². The fourth-order valence-corrected chi connectivity index (χ4v) is 2.68. The van der Waals surface area contributed by atoms with Gasteiger partial charge in [-0.3, -0.25) is 4.90 Å². The molecule has 7 heteroatoms. The molecule has 1 fully saturated rings. The molecule has 3 heterocycles. The second-order valence-electron chi connectivity index (χ2n) is 5.21. The van der Waals surface area contributed by atoms with Gasteiger partial charge < -0.3 is 9.32 Å². The molecule has 6 nitrogen and oxygen atoms in total. The first kappa shape index (κ1) is 14.3.